The summed E-state index contributed by atoms with van der Waals surface area (Å²) < 4.78 is 16.0. The van der Waals surface area contributed by atoms with Crippen LogP contribution in [0.5, 0.6) is 0 Å². The number of nitrogens with zero attached hydrogens (tertiary/aromatic N) is 2. The molecular formula is C15H20FN3S. The normalized spacial score (nSPS) is 17.9. The Bertz CT molecular complexity index is 653. The van der Waals surface area contributed by atoms with Gasteiger partial charge in [-0.15, -0.1) is 0 Å². The van der Waals surface area contributed by atoms with Crippen LogP contribution in [0.4, 0.5) is 4.39 Å². The topological polar surface area (TPSA) is 24.0 Å². The number of likely N-dealkylation sites (tertiary alicyclic amines) is 1. The third kappa shape index (κ3) is 2.79. The van der Waals surface area contributed by atoms with Crippen molar-refractivity contribution in [1.82, 2.24) is 14.5 Å². The Kier molecular flexibility index (Phi) is 3.89. The Morgan fingerprint density at radius 3 is 2.85 bits per heavy atom. The fourth-order valence-electron chi connectivity index (χ4n) is 3.02. The molecule has 1 aromatic heterocycles. The molecule has 2 aromatic rings. The molecule has 1 aliphatic heterocycles. The Morgan fingerprint density at radius 1 is 1.35 bits per heavy atom. The number of aromatic nitrogens is 2. The minimum absolute atomic E-state index is 0.226. The summed E-state index contributed by atoms with van der Waals surface area (Å²) in [7, 11) is 2.18. The van der Waals surface area contributed by atoms with Gasteiger partial charge < -0.3 is 14.5 Å². The van der Waals surface area contributed by atoms with E-state index in [1.165, 1.54) is 38.1 Å². The van der Waals surface area contributed by atoms with Crippen LogP contribution >= 0.6 is 12.2 Å². The first kappa shape index (κ1) is 13.8. The fraction of sp³-hybridized carbons (Fsp3) is 0.533. The van der Waals surface area contributed by atoms with Gasteiger partial charge in [0.25, 0.3) is 0 Å². The third-order valence-corrected chi connectivity index (χ3v) is 4.66. The van der Waals surface area contributed by atoms with Gasteiger partial charge in [-0.2, -0.15) is 0 Å². The number of hydrogen-bond acceptors (Lipinski definition) is 2. The lowest BCUT2D eigenvalue weighted by Crippen LogP contribution is -2.30. The smallest absolute Gasteiger partial charge is 0.178 e. The number of piperidine rings is 1. The van der Waals surface area contributed by atoms with Crippen molar-refractivity contribution in [1.29, 1.82) is 0 Å². The fourth-order valence-corrected chi connectivity index (χ4v) is 3.32. The van der Waals surface area contributed by atoms with Crippen molar-refractivity contribution >= 4 is 23.3 Å². The molecule has 0 bridgehead atoms. The van der Waals surface area contributed by atoms with Crippen LogP contribution in [0.2, 0.25) is 0 Å². The number of H-pyrrole nitrogens is 1. The van der Waals surface area contributed by atoms with Crippen LogP contribution in [0.15, 0.2) is 18.2 Å². The van der Waals surface area contributed by atoms with Gasteiger partial charge in [0.05, 0.1) is 11.0 Å². The monoisotopic (exact) mass is 293 g/mol. The number of rotatable bonds is 3. The van der Waals surface area contributed by atoms with E-state index in [0.717, 1.165) is 29.9 Å². The average Bonchev–Trinajstić information content (AvgIpc) is 2.73. The molecule has 3 nitrogen and oxygen atoms in total. The van der Waals surface area contributed by atoms with E-state index in [1.54, 1.807) is 0 Å². The molecule has 5 heteroatoms. The zero-order valence-electron chi connectivity index (χ0n) is 11.7. The Morgan fingerprint density at radius 2 is 2.10 bits per heavy atom. The molecule has 1 fully saturated rings. The van der Waals surface area contributed by atoms with E-state index in [1.807, 2.05) is 6.07 Å². The van der Waals surface area contributed by atoms with Crippen LogP contribution in [0.3, 0.4) is 0 Å². The summed E-state index contributed by atoms with van der Waals surface area (Å²) in [6, 6.07) is 4.82. The second-order valence-electron chi connectivity index (χ2n) is 5.78. The minimum Gasteiger partial charge on any atom is -0.330 e. The summed E-state index contributed by atoms with van der Waals surface area (Å²) in [5.74, 6) is 0.551. The standard InChI is InChI=1S/C15H20FN3S/c1-18-7-4-11(5-8-18)6-9-19-14-3-2-12(16)10-13(14)17-15(19)20/h2-3,10-11H,4-9H2,1H3,(H,17,20). The van der Waals surface area contributed by atoms with Gasteiger partial charge in [0.2, 0.25) is 0 Å². The average molecular weight is 293 g/mol. The molecule has 3 rings (SSSR count). The number of benzene rings is 1. The van der Waals surface area contributed by atoms with Crippen molar-refractivity contribution in [2.45, 2.75) is 25.8 Å². The Balaban J connectivity index is 1.74. The lowest BCUT2D eigenvalue weighted by Gasteiger charge is -2.28. The van der Waals surface area contributed by atoms with E-state index in [4.69, 9.17) is 12.2 Å². The largest absolute Gasteiger partial charge is 0.330 e. The van der Waals surface area contributed by atoms with Gasteiger partial charge in [0.1, 0.15) is 5.82 Å². The van der Waals surface area contributed by atoms with Crippen LogP contribution in [0.25, 0.3) is 11.0 Å². The van der Waals surface area contributed by atoms with Crippen LogP contribution in [0.1, 0.15) is 19.3 Å². The molecular weight excluding hydrogens is 273 g/mol. The van der Waals surface area contributed by atoms with Crippen molar-refractivity contribution < 1.29 is 4.39 Å². The van der Waals surface area contributed by atoms with E-state index < -0.39 is 0 Å². The number of aryl methyl sites for hydroxylation is 1. The van der Waals surface area contributed by atoms with Gasteiger partial charge in [-0.1, -0.05) is 0 Å². The van der Waals surface area contributed by atoms with Crippen LogP contribution < -0.4 is 0 Å². The van der Waals surface area contributed by atoms with Crippen molar-refractivity contribution in [3.8, 4) is 0 Å². The van der Waals surface area contributed by atoms with E-state index in [9.17, 15) is 4.39 Å². The van der Waals surface area contributed by atoms with Gasteiger partial charge in [-0.05, 0) is 75.7 Å². The van der Waals surface area contributed by atoms with Crippen molar-refractivity contribution in [3.63, 3.8) is 0 Å². The maximum atomic E-state index is 13.2. The second kappa shape index (κ2) is 5.66. The summed E-state index contributed by atoms with van der Waals surface area (Å²) in [5.41, 5.74) is 1.79. The van der Waals surface area contributed by atoms with Gasteiger partial charge >= 0.3 is 0 Å². The van der Waals surface area contributed by atoms with Crippen molar-refractivity contribution in [2.75, 3.05) is 20.1 Å². The molecule has 0 unspecified atom stereocenters. The molecule has 0 atom stereocenters. The molecule has 0 amide bonds. The molecule has 1 saturated heterocycles. The molecule has 1 N–H and O–H groups in total. The van der Waals surface area contributed by atoms with Gasteiger partial charge in [-0.3, -0.25) is 0 Å². The van der Waals surface area contributed by atoms with Crippen molar-refractivity contribution in [2.24, 2.45) is 5.92 Å². The number of hydrogen-bond donors (Lipinski definition) is 1. The highest BCUT2D eigenvalue weighted by molar-refractivity contribution is 7.71. The second-order valence-corrected chi connectivity index (χ2v) is 6.17. The zero-order chi connectivity index (χ0) is 14.1. The van der Waals surface area contributed by atoms with Gasteiger partial charge in [-0.25, -0.2) is 4.39 Å². The lowest BCUT2D eigenvalue weighted by atomic mass is 9.94. The lowest BCUT2D eigenvalue weighted by molar-refractivity contribution is 0.208. The number of nitrogens with one attached hydrogen (secondary N) is 1. The van der Waals surface area contributed by atoms with Crippen molar-refractivity contribution in [3.05, 3.63) is 28.8 Å². The van der Waals surface area contributed by atoms with E-state index in [0.29, 0.717) is 4.77 Å². The first-order valence-electron chi connectivity index (χ1n) is 7.20. The minimum atomic E-state index is -0.226. The van der Waals surface area contributed by atoms with Crippen LogP contribution in [0, 0.1) is 16.5 Å². The molecule has 1 aromatic carbocycles. The number of halogens is 1. The molecule has 0 aliphatic carbocycles. The number of aromatic amines is 1. The van der Waals surface area contributed by atoms with Gasteiger partial charge in [0.15, 0.2) is 4.77 Å². The summed E-state index contributed by atoms with van der Waals surface area (Å²) in [5, 5.41) is 0. The predicted octanol–water partition coefficient (Wildman–Crippen LogP) is 3.57. The summed E-state index contributed by atoms with van der Waals surface area (Å²) in [6.45, 7) is 3.29. The molecule has 0 radical (unpaired) electrons. The first-order chi connectivity index (χ1) is 9.63. The van der Waals surface area contributed by atoms with Crippen LogP contribution in [-0.4, -0.2) is 34.6 Å². The van der Waals surface area contributed by atoms with E-state index in [2.05, 4.69) is 21.5 Å². The highest BCUT2D eigenvalue weighted by Gasteiger charge is 2.17. The maximum Gasteiger partial charge on any atom is 0.178 e. The Labute approximate surface area is 123 Å². The molecule has 0 saturated carbocycles. The highest BCUT2D eigenvalue weighted by Crippen LogP contribution is 2.22. The predicted molar refractivity (Wildman–Crippen MR) is 81.9 cm³/mol. The van der Waals surface area contributed by atoms with E-state index in [-0.39, 0.29) is 5.82 Å². The molecule has 1 aliphatic rings. The number of fused-ring (bicyclic) bond motifs is 1. The zero-order valence-corrected chi connectivity index (χ0v) is 12.5. The van der Waals surface area contributed by atoms with Gasteiger partial charge in [0, 0.05) is 6.54 Å². The third-order valence-electron chi connectivity index (χ3n) is 4.34. The SMILES string of the molecule is CN1CCC(CCn2c(=S)[nH]c3cc(F)ccc32)CC1. The number of imidazole rings is 1. The highest BCUT2D eigenvalue weighted by atomic mass is 32.1. The Hall–Kier alpha value is -1.20. The maximum absolute atomic E-state index is 13.2. The first-order valence-corrected chi connectivity index (χ1v) is 7.61. The molecule has 0 spiro atoms. The molecule has 20 heavy (non-hydrogen) atoms. The summed E-state index contributed by atoms with van der Waals surface area (Å²) in [6.07, 6.45) is 3.67. The molecule has 2 heterocycles. The quantitative estimate of drug-likeness (QED) is 0.875. The summed E-state index contributed by atoms with van der Waals surface area (Å²) >= 11 is 5.36. The summed E-state index contributed by atoms with van der Waals surface area (Å²) in [4.78, 5) is 5.48. The van der Waals surface area contributed by atoms with Crippen LogP contribution in [-0.2, 0) is 6.54 Å². The van der Waals surface area contributed by atoms with E-state index >= 15 is 0 Å². The molecule has 108 valence electrons.